The van der Waals surface area contributed by atoms with Crippen LogP contribution in [0.25, 0.3) is 223 Å². The number of hydrogen-bond acceptors (Lipinski definition) is 6. The van der Waals surface area contributed by atoms with Gasteiger partial charge in [-0.15, -0.1) is 0 Å². The van der Waals surface area contributed by atoms with Gasteiger partial charge in [0.1, 0.15) is 5.82 Å². The molecule has 0 saturated carbocycles. The lowest BCUT2D eigenvalue weighted by atomic mass is 9.74. The zero-order valence-corrected chi connectivity index (χ0v) is 73.3. The summed E-state index contributed by atoms with van der Waals surface area (Å²) < 4.78 is 23.9. The Labute approximate surface area is 773 Å². The Bertz CT molecular complexity index is 8670. The summed E-state index contributed by atoms with van der Waals surface area (Å²) in [6, 6.07) is 151. The van der Waals surface area contributed by atoms with Crippen molar-refractivity contribution in [3.8, 4) is 136 Å². The lowest BCUT2D eigenvalue weighted by Crippen LogP contribution is -2.24. The molecule has 0 N–H and O–H groups in total. The second-order valence-corrected chi connectivity index (χ2v) is 35.5. The minimum atomic E-state index is -0.241. The van der Waals surface area contributed by atoms with Crippen LogP contribution < -0.4 is 0 Å². The second-order valence-electron chi connectivity index (χ2n) is 35.5. The summed E-state index contributed by atoms with van der Waals surface area (Å²) in [6.07, 6.45) is 9.27. The zero-order chi connectivity index (χ0) is 89.1. The highest BCUT2D eigenvalue weighted by Gasteiger charge is 2.45. The molecule has 0 saturated heterocycles. The highest BCUT2D eigenvalue weighted by atomic mass is 19.1. The number of benzene rings is 18. The first-order chi connectivity index (χ1) is 66.1. The third-order valence-electron chi connectivity index (χ3n) is 27.4. The number of nitrogens with zero attached hydrogens (tertiary/aromatic N) is 10. The fourth-order valence-electron chi connectivity index (χ4n) is 20.7. The normalized spacial score (nSPS) is 13.8. The van der Waals surface area contributed by atoms with E-state index in [0.717, 1.165) is 138 Å². The number of rotatable bonds is 14. The molecule has 0 aliphatic heterocycles. The van der Waals surface area contributed by atoms with Crippen molar-refractivity contribution in [2.45, 2.75) is 25.2 Å². The summed E-state index contributed by atoms with van der Waals surface area (Å²) in [5, 5.41) is 9.19. The van der Waals surface area contributed by atoms with E-state index in [2.05, 4.69) is 329 Å². The van der Waals surface area contributed by atoms with Crippen LogP contribution in [0.4, 0.5) is 4.39 Å². The van der Waals surface area contributed by atoms with Crippen LogP contribution in [0.2, 0.25) is 0 Å². The lowest BCUT2D eigenvalue weighted by molar-refractivity contribution is 0.394. The average Bonchev–Trinajstić information content (AvgIpc) is 1.54. The fraction of sp³-hybridized carbons (Fsp3) is 0.0407. The highest BCUT2D eigenvalue weighted by molar-refractivity contribution is 6.15. The van der Waals surface area contributed by atoms with E-state index >= 15 is 0 Å². The standard InChI is InChI=1S/C63H40FN5.C60H43N5/c64-50-32-37-60-56(40-50)55-39-49(31-36-59(55)68(60)51-16-8-3-9-17-51)44-22-20-43(21-23-44)48-30-35-58-54(38-48)53-18-10-11-19-57(53)69(58)52-33-28-42(29-34-52)41-24-26-47(27-25-41)63-66-61(45-12-4-1-5-13-45)65-62(67-63)46-14-6-2-7-15-46;1-60(2)51-24-14-12-22-45(51)47-36-50-49-35-43(30-32-54(49)64(56(50)37-52(47)60)44-20-10-5-11-21-44)39-28-26-38(27-29-39)42-31-33-55-48(34-42)46-23-13-15-25-53(46)65(55)59-62-57(40-16-6-3-7-17-40)61-58(63-59)41-18-8-4-9-19-41/h1-40H;3-37,45,51H,1-2H3. The van der Waals surface area contributed by atoms with Gasteiger partial charge >= 0.3 is 0 Å². The molecule has 26 rings (SSSR count). The Hall–Kier alpha value is -17.4. The van der Waals surface area contributed by atoms with Gasteiger partial charge in [0.05, 0.1) is 44.1 Å². The van der Waals surface area contributed by atoms with Crippen LogP contribution in [0.5, 0.6) is 0 Å². The molecule has 24 aromatic rings. The van der Waals surface area contributed by atoms with Gasteiger partial charge in [-0.25, -0.2) is 24.3 Å². The number of fused-ring (bicyclic) bond motifs is 15. The number of hydrogen-bond donors (Lipinski definition) is 0. The smallest absolute Gasteiger partial charge is 0.238 e. The number of allylic oxidation sites excluding steroid dienone is 4. The van der Waals surface area contributed by atoms with Crippen LogP contribution in [0.3, 0.4) is 0 Å². The average molecular weight is 1720 g/mol. The molecule has 6 heterocycles. The minimum Gasteiger partial charge on any atom is -0.309 e. The van der Waals surface area contributed by atoms with Crippen molar-refractivity contribution >= 4 is 87.2 Å². The molecule has 11 heteroatoms. The summed E-state index contributed by atoms with van der Waals surface area (Å²) in [6.45, 7) is 4.83. The Balaban J connectivity index is 0.000000144. The van der Waals surface area contributed by atoms with Crippen LogP contribution in [-0.4, -0.2) is 48.2 Å². The van der Waals surface area contributed by atoms with E-state index in [1.54, 1.807) is 6.07 Å². The molecule has 0 spiro atoms. The maximum atomic E-state index is 14.7. The molecule has 0 amide bonds. The van der Waals surface area contributed by atoms with Crippen LogP contribution in [-0.2, 0) is 5.41 Å². The van der Waals surface area contributed by atoms with Gasteiger partial charge in [0.15, 0.2) is 29.1 Å². The summed E-state index contributed by atoms with van der Waals surface area (Å²) in [5.74, 6) is 4.39. The highest BCUT2D eigenvalue weighted by Crippen LogP contribution is 2.55. The Kier molecular flexibility index (Phi) is 19.0. The summed E-state index contributed by atoms with van der Waals surface area (Å²) in [7, 11) is 0. The molecule has 0 bridgehead atoms. The Morgan fingerprint density at radius 2 is 0.493 bits per heavy atom. The van der Waals surface area contributed by atoms with E-state index in [0.29, 0.717) is 46.9 Å². The van der Waals surface area contributed by atoms with E-state index in [1.165, 1.54) is 66.6 Å². The first-order valence-corrected chi connectivity index (χ1v) is 45.6. The minimum absolute atomic E-state index is 0.0368. The van der Waals surface area contributed by atoms with Gasteiger partial charge < -0.3 is 13.7 Å². The van der Waals surface area contributed by atoms with Crippen molar-refractivity contribution in [1.82, 2.24) is 48.2 Å². The molecule has 632 valence electrons. The largest absolute Gasteiger partial charge is 0.309 e. The van der Waals surface area contributed by atoms with Gasteiger partial charge in [0.25, 0.3) is 0 Å². The Morgan fingerprint density at radius 1 is 0.216 bits per heavy atom. The van der Waals surface area contributed by atoms with Crippen LogP contribution in [0.1, 0.15) is 30.9 Å². The zero-order valence-electron chi connectivity index (χ0n) is 73.3. The van der Waals surface area contributed by atoms with Crippen molar-refractivity contribution in [2.24, 2.45) is 5.92 Å². The van der Waals surface area contributed by atoms with Crippen molar-refractivity contribution in [3.05, 3.63) is 472 Å². The molecule has 134 heavy (non-hydrogen) atoms. The first-order valence-electron chi connectivity index (χ1n) is 45.6. The fourth-order valence-corrected chi connectivity index (χ4v) is 20.7. The van der Waals surface area contributed by atoms with Crippen molar-refractivity contribution < 1.29 is 4.39 Å². The molecular weight excluding hydrogens is 1640 g/mol. The molecule has 18 aromatic carbocycles. The lowest BCUT2D eigenvalue weighted by Gasteiger charge is -2.29. The topological polar surface area (TPSA) is 97.1 Å². The van der Waals surface area contributed by atoms with Crippen LogP contribution in [0, 0.1) is 11.7 Å². The van der Waals surface area contributed by atoms with Gasteiger partial charge in [-0.05, 0) is 205 Å². The third kappa shape index (κ3) is 13.7. The second kappa shape index (κ2) is 32.4. The van der Waals surface area contributed by atoms with E-state index < -0.39 is 0 Å². The molecule has 6 aromatic heterocycles. The Morgan fingerprint density at radius 3 is 0.910 bits per heavy atom. The molecule has 0 fully saturated rings. The SMILES string of the molecule is CC1(C)c2cc3c(cc2C2C=CC=CC21)c1cc(-c2ccc(-c4ccc5c(c4)c4ccccc4n5-c4nc(-c5ccccc5)nc(-c5ccccc5)n4)cc2)ccc1n3-c1ccccc1.Fc1ccc2c(c1)c1cc(-c3ccc(-c4ccc5c(c4)c4ccccc4n5-c4ccc(-c5ccc(-c6nc(-c7ccccc7)nc(-c7ccccc7)n6)cc5)cc4)cc3)ccc1n2-c1ccccc1. The monoisotopic (exact) mass is 1720 g/mol. The van der Waals surface area contributed by atoms with Crippen molar-refractivity contribution in [1.29, 1.82) is 0 Å². The number of halogens is 1. The quantitative estimate of drug-likeness (QED) is 0.108. The number of aromatic nitrogens is 10. The first kappa shape index (κ1) is 78.8. The summed E-state index contributed by atoms with van der Waals surface area (Å²) in [5.41, 5.74) is 31.3. The van der Waals surface area contributed by atoms with Crippen LogP contribution >= 0.6 is 0 Å². The van der Waals surface area contributed by atoms with Gasteiger partial charge in [-0.1, -0.05) is 341 Å². The van der Waals surface area contributed by atoms with Crippen molar-refractivity contribution in [2.75, 3.05) is 0 Å². The molecule has 2 unspecified atom stereocenters. The molecule has 10 nitrogen and oxygen atoms in total. The molecule has 2 aliphatic rings. The van der Waals surface area contributed by atoms with Crippen LogP contribution in [0.15, 0.2) is 455 Å². The molecule has 2 atom stereocenters. The maximum absolute atomic E-state index is 14.7. The maximum Gasteiger partial charge on any atom is 0.238 e. The van der Waals surface area contributed by atoms with E-state index in [1.807, 2.05) is 146 Å². The van der Waals surface area contributed by atoms with E-state index in [4.69, 9.17) is 29.9 Å². The van der Waals surface area contributed by atoms with E-state index in [9.17, 15) is 4.39 Å². The molecule has 2 aliphatic carbocycles. The predicted molar refractivity (Wildman–Crippen MR) is 549 cm³/mol. The third-order valence-corrected chi connectivity index (χ3v) is 27.4. The van der Waals surface area contributed by atoms with Gasteiger partial charge in [0, 0.05) is 93.9 Å². The summed E-state index contributed by atoms with van der Waals surface area (Å²) >= 11 is 0. The van der Waals surface area contributed by atoms with Crippen molar-refractivity contribution in [3.63, 3.8) is 0 Å². The van der Waals surface area contributed by atoms with Gasteiger partial charge in [0.2, 0.25) is 5.95 Å². The predicted octanol–water partition coefficient (Wildman–Crippen LogP) is 31.1. The molecular formula is C123H83FN10. The van der Waals surface area contributed by atoms with E-state index in [-0.39, 0.29) is 11.2 Å². The number of para-hydroxylation sites is 4. The van der Waals surface area contributed by atoms with Gasteiger partial charge in [-0.3, -0.25) is 4.57 Å². The molecule has 0 radical (unpaired) electrons. The summed E-state index contributed by atoms with van der Waals surface area (Å²) in [4.78, 5) is 29.9. The van der Waals surface area contributed by atoms with Gasteiger partial charge in [-0.2, -0.15) is 9.97 Å².